The van der Waals surface area contributed by atoms with E-state index >= 15 is 0 Å². The minimum absolute atomic E-state index is 0.0195. The molecule has 10 heteroatoms. The number of halogens is 1. The lowest BCUT2D eigenvalue weighted by molar-refractivity contribution is 0.458. The van der Waals surface area contributed by atoms with Gasteiger partial charge in [0, 0.05) is 5.56 Å². The van der Waals surface area contributed by atoms with Crippen LogP contribution >= 0.6 is 0 Å². The summed E-state index contributed by atoms with van der Waals surface area (Å²) in [5.74, 6) is -0.461. The molecule has 0 aliphatic carbocycles. The fourth-order valence-electron chi connectivity index (χ4n) is 3.07. The van der Waals surface area contributed by atoms with Crippen molar-refractivity contribution in [2.45, 2.75) is 17.9 Å². The van der Waals surface area contributed by atoms with E-state index in [1.165, 1.54) is 24.3 Å². The van der Waals surface area contributed by atoms with E-state index in [4.69, 9.17) is 5.14 Å². The van der Waals surface area contributed by atoms with E-state index < -0.39 is 10.0 Å². The molecule has 4 N–H and O–H groups in total. The molecule has 2 heterocycles. The van der Waals surface area contributed by atoms with Crippen molar-refractivity contribution in [2.75, 3.05) is 5.32 Å². The molecule has 4 aromatic rings. The molecule has 0 aliphatic heterocycles. The van der Waals surface area contributed by atoms with Crippen LogP contribution in [0.2, 0.25) is 0 Å². The summed E-state index contributed by atoms with van der Waals surface area (Å²) in [4.78, 5) is 12.9. The standard InChI is InChI=1S/C21H18FN5O3S/c1-12(13-4-8-16(9-5-13)31(23,29)30)24-21-26-18-11-10-17(25-19(18)20(28)27-21)14-2-6-15(22)7-3-14/h2-12H,1H3,(H2,23,29,30)(H2,24,26,27,28). The first-order valence-electron chi connectivity index (χ1n) is 9.24. The minimum atomic E-state index is -3.76. The lowest BCUT2D eigenvalue weighted by atomic mass is 10.1. The van der Waals surface area contributed by atoms with Gasteiger partial charge in [-0.05, 0) is 61.0 Å². The van der Waals surface area contributed by atoms with Gasteiger partial charge >= 0.3 is 0 Å². The molecule has 2 aromatic heterocycles. The number of primary sulfonamides is 1. The predicted octanol–water partition coefficient (Wildman–Crippen LogP) is 3.36. The number of hydrogen-bond acceptors (Lipinski definition) is 7. The molecule has 0 radical (unpaired) electrons. The Balaban J connectivity index is 1.60. The number of nitrogens with two attached hydrogens (primary N) is 1. The van der Waals surface area contributed by atoms with Gasteiger partial charge in [-0.15, -0.1) is 0 Å². The summed E-state index contributed by atoms with van der Waals surface area (Å²) in [6.07, 6.45) is 0. The van der Waals surface area contributed by atoms with E-state index in [1.807, 2.05) is 6.92 Å². The van der Waals surface area contributed by atoms with Crippen LogP contribution in [0.5, 0.6) is 5.88 Å². The Morgan fingerprint density at radius 2 is 1.65 bits per heavy atom. The van der Waals surface area contributed by atoms with Crippen LogP contribution in [-0.2, 0) is 10.0 Å². The van der Waals surface area contributed by atoms with E-state index in [0.29, 0.717) is 16.8 Å². The van der Waals surface area contributed by atoms with Gasteiger partial charge in [0.15, 0.2) is 5.52 Å². The van der Waals surface area contributed by atoms with Crippen molar-refractivity contribution < 1.29 is 17.9 Å². The van der Waals surface area contributed by atoms with Crippen LogP contribution < -0.4 is 10.5 Å². The van der Waals surface area contributed by atoms with Crippen molar-refractivity contribution in [1.82, 2.24) is 15.0 Å². The van der Waals surface area contributed by atoms with Crippen LogP contribution in [0, 0.1) is 5.82 Å². The largest absolute Gasteiger partial charge is 0.492 e. The van der Waals surface area contributed by atoms with Crippen molar-refractivity contribution in [3.63, 3.8) is 0 Å². The monoisotopic (exact) mass is 439 g/mol. The molecule has 0 bridgehead atoms. The summed E-state index contributed by atoms with van der Waals surface area (Å²) in [5.41, 5.74) is 2.67. The van der Waals surface area contributed by atoms with E-state index in [-0.39, 0.29) is 34.1 Å². The summed E-state index contributed by atoms with van der Waals surface area (Å²) < 4.78 is 35.9. The number of aromatic nitrogens is 3. The molecule has 0 fully saturated rings. The topological polar surface area (TPSA) is 131 Å². The second-order valence-corrected chi connectivity index (χ2v) is 8.48. The SMILES string of the molecule is CC(Nc1nc(O)c2nc(-c3ccc(F)cc3)ccc2n1)c1ccc(S(N)(=O)=O)cc1. The molecule has 1 unspecified atom stereocenters. The highest BCUT2D eigenvalue weighted by atomic mass is 32.2. The summed E-state index contributed by atoms with van der Waals surface area (Å²) >= 11 is 0. The predicted molar refractivity (Wildman–Crippen MR) is 114 cm³/mol. The van der Waals surface area contributed by atoms with Gasteiger partial charge in [0.05, 0.1) is 22.1 Å². The van der Waals surface area contributed by atoms with Crippen molar-refractivity contribution in [1.29, 1.82) is 0 Å². The number of sulfonamides is 1. The van der Waals surface area contributed by atoms with Gasteiger partial charge in [0.2, 0.25) is 21.9 Å². The third-order valence-corrected chi connectivity index (χ3v) is 5.65. The Morgan fingerprint density at radius 1 is 0.968 bits per heavy atom. The molecule has 1 atom stereocenters. The van der Waals surface area contributed by atoms with Crippen molar-refractivity contribution >= 4 is 27.0 Å². The molecule has 0 aliphatic rings. The quantitative estimate of drug-likeness (QED) is 0.434. The molecule has 0 spiro atoms. The molecular weight excluding hydrogens is 421 g/mol. The normalized spacial score (nSPS) is 12.6. The highest BCUT2D eigenvalue weighted by Gasteiger charge is 2.14. The van der Waals surface area contributed by atoms with Gasteiger partial charge in [0.1, 0.15) is 5.82 Å². The minimum Gasteiger partial charge on any atom is -0.492 e. The number of nitrogens with zero attached hydrogens (tertiary/aromatic N) is 3. The van der Waals surface area contributed by atoms with Crippen LogP contribution in [0.3, 0.4) is 0 Å². The number of fused-ring (bicyclic) bond motifs is 1. The van der Waals surface area contributed by atoms with Crippen LogP contribution in [0.1, 0.15) is 18.5 Å². The van der Waals surface area contributed by atoms with Crippen LogP contribution in [-0.4, -0.2) is 28.5 Å². The van der Waals surface area contributed by atoms with Crippen molar-refractivity contribution in [3.05, 3.63) is 72.0 Å². The number of hydrogen-bond donors (Lipinski definition) is 3. The van der Waals surface area contributed by atoms with Gasteiger partial charge in [-0.3, -0.25) is 0 Å². The molecule has 0 saturated carbocycles. The van der Waals surface area contributed by atoms with E-state index in [0.717, 1.165) is 5.56 Å². The van der Waals surface area contributed by atoms with E-state index in [1.54, 1.807) is 36.4 Å². The first-order valence-corrected chi connectivity index (χ1v) is 10.8. The average Bonchev–Trinajstić information content (AvgIpc) is 2.73. The summed E-state index contributed by atoms with van der Waals surface area (Å²) in [5, 5.41) is 18.6. The lowest BCUT2D eigenvalue weighted by Crippen LogP contribution is -2.13. The van der Waals surface area contributed by atoms with Gasteiger partial charge in [0.25, 0.3) is 0 Å². The summed E-state index contributed by atoms with van der Waals surface area (Å²) in [6, 6.07) is 15.1. The third-order valence-electron chi connectivity index (χ3n) is 4.72. The number of benzene rings is 2. The fourth-order valence-corrected chi connectivity index (χ4v) is 3.58. The Hall–Kier alpha value is -3.63. The molecule has 0 saturated heterocycles. The number of pyridine rings is 1. The highest BCUT2D eigenvalue weighted by molar-refractivity contribution is 7.89. The number of aromatic hydroxyl groups is 1. The van der Waals surface area contributed by atoms with Crippen LogP contribution in [0.25, 0.3) is 22.3 Å². The summed E-state index contributed by atoms with van der Waals surface area (Å²) in [6.45, 7) is 1.84. The molecule has 4 rings (SSSR count). The Labute approximate surface area is 177 Å². The maximum absolute atomic E-state index is 13.1. The van der Waals surface area contributed by atoms with E-state index in [2.05, 4.69) is 20.3 Å². The first-order chi connectivity index (χ1) is 14.7. The van der Waals surface area contributed by atoms with Gasteiger partial charge in [-0.2, -0.15) is 4.98 Å². The maximum Gasteiger partial charge on any atom is 0.243 e. The molecule has 2 aromatic carbocycles. The van der Waals surface area contributed by atoms with Crippen molar-refractivity contribution in [3.8, 4) is 17.1 Å². The zero-order valence-electron chi connectivity index (χ0n) is 16.3. The third kappa shape index (κ3) is 4.44. The smallest absolute Gasteiger partial charge is 0.243 e. The maximum atomic E-state index is 13.1. The van der Waals surface area contributed by atoms with Crippen molar-refractivity contribution in [2.24, 2.45) is 5.14 Å². The Bertz CT molecular complexity index is 1360. The fraction of sp³-hybridized carbons (Fsp3) is 0.0952. The molecule has 0 amide bonds. The van der Waals surface area contributed by atoms with Gasteiger partial charge in [-0.1, -0.05) is 12.1 Å². The zero-order valence-corrected chi connectivity index (χ0v) is 17.1. The Morgan fingerprint density at radius 3 is 2.29 bits per heavy atom. The van der Waals surface area contributed by atoms with Gasteiger partial charge in [-0.25, -0.2) is 27.9 Å². The zero-order chi connectivity index (χ0) is 22.2. The number of anilines is 1. The Kier molecular flexibility index (Phi) is 5.25. The number of rotatable bonds is 5. The lowest BCUT2D eigenvalue weighted by Gasteiger charge is -2.15. The molecule has 8 nitrogen and oxygen atoms in total. The molecule has 158 valence electrons. The molecular formula is C21H18FN5O3S. The van der Waals surface area contributed by atoms with E-state index in [9.17, 15) is 17.9 Å². The number of nitrogens with one attached hydrogen (secondary N) is 1. The highest BCUT2D eigenvalue weighted by Crippen LogP contribution is 2.27. The summed E-state index contributed by atoms with van der Waals surface area (Å²) in [7, 11) is -3.76. The average molecular weight is 439 g/mol. The van der Waals surface area contributed by atoms with Gasteiger partial charge < -0.3 is 10.4 Å². The van der Waals surface area contributed by atoms with Crippen LogP contribution in [0.15, 0.2) is 65.6 Å². The first kappa shape index (κ1) is 20.6. The van der Waals surface area contributed by atoms with Crippen LogP contribution in [0.4, 0.5) is 10.3 Å². The second kappa shape index (κ2) is 7.89. The second-order valence-electron chi connectivity index (χ2n) is 6.92. The molecule has 31 heavy (non-hydrogen) atoms.